The van der Waals surface area contributed by atoms with Crippen LogP contribution in [0.2, 0.25) is 0 Å². The molecule has 82 valence electrons. The molecule has 0 spiro atoms. The fraction of sp³-hybridized carbons (Fsp3) is 0.600. The highest BCUT2D eigenvalue weighted by Gasteiger charge is 2.29. The molecule has 3 N–H and O–H groups in total. The van der Waals surface area contributed by atoms with Gasteiger partial charge in [-0.15, -0.1) is 0 Å². The predicted molar refractivity (Wildman–Crippen MR) is 58.6 cm³/mol. The van der Waals surface area contributed by atoms with E-state index in [4.69, 9.17) is 10.5 Å². The Kier molecular flexibility index (Phi) is 2.48. The van der Waals surface area contributed by atoms with E-state index in [-0.39, 0.29) is 5.54 Å². The van der Waals surface area contributed by atoms with Crippen molar-refractivity contribution in [3.63, 3.8) is 0 Å². The van der Waals surface area contributed by atoms with Gasteiger partial charge < -0.3 is 15.8 Å². The molecule has 5 nitrogen and oxygen atoms in total. The standard InChI is InChI=1S/C10H16N4O/c1-7-5-8(13-9(11)12-7)14-10(2)3-4-15-6-10/h5H,3-4,6H2,1-2H3,(H3,11,12,13,14). The van der Waals surface area contributed by atoms with E-state index in [1.165, 1.54) is 0 Å². The smallest absolute Gasteiger partial charge is 0.222 e. The largest absolute Gasteiger partial charge is 0.379 e. The third kappa shape index (κ3) is 2.36. The van der Waals surface area contributed by atoms with Crippen LogP contribution in [0.3, 0.4) is 0 Å². The maximum absolute atomic E-state index is 5.58. The summed E-state index contributed by atoms with van der Waals surface area (Å²) in [5.41, 5.74) is 6.42. The SMILES string of the molecule is Cc1cc(NC2(C)CCOC2)nc(N)n1. The van der Waals surface area contributed by atoms with Crippen LogP contribution in [-0.4, -0.2) is 28.7 Å². The van der Waals surface area contributed by atoms with Gasteiger partial charge in [-0.05, 0) is 20.3 Å². The van der Waals surface area contributed by atoms with E-state index in [1.807, 2.05) is 13.0 Å². The Bertz CT molecular complexity index is 340. The monoisotopic (exact) mass is 208 g/mol. The van der Waals surface area contributed by atoms with Crippen LogP contribution >= 0.6 is 0 Å². The zero-order valence-electron chi connectivity index (χ0n) is 9.08. The molecule has 1 aromatic rings. The molecular formula is C10H16N4O. The summed E-state index contributed by atoms with van der Waals surface area (Å²) in [7, 11) is 0. The van der Waals surface area contributed by atoms with E-state index >= 15 is 0 Å². The zero-order valence-corrected chi connectivity index (χ0v) is 9.08. The van der Waals surface area contributed by atoms with Crippen molar-refractivity contribution < 1.29 is 4.74 Å². The van der Waals surface area contributed by atoms with Crippen molar-refractivity contribution >= 4 is 11.8 Å². The molecule has 1 aromatic heterocycles. The molecule has 1 aliphatic rings. The zero-order chi connectivity index (χ0) is 10.9. The Morgan fingerprint density at radius 3 is 2.93 bits per heavy atom. The second-order valence-electron chi connectivity index (χ2n) is 4.24. The highest BCUT2D eigenvalue weighted by molar-refractivity contribution is 5.42. The lowest BCUT2D eigenvalue weighted by molar-refractivity contribution is 0.185. The van der Waals surface area contributed by atoms with Gasteiger partial charge in [0, 0.05) is 18.4 Å². The van der Waals surface area contributed by atoms with Crippen molar-refractivity contribution in [2.24, 2.45) is 0 Å². The van der Waals surface area contributed by atoms with Crippen molar-refractivity contribution in [1.82, 2.24) is 9.97 Å². The number of nitrogens with two attached hydrogens (primary N) is 1. The minimum Gasteiger partial charge on any atom is -0.379 e. The average molecular weight is 208 g/mol. The molecule has 1 saturated heterocycles. The van der Waals surface area contributed by atoms with Crippen LogP contribution < -0.4 is 11.1 Å². The number of nitrogens with zero attached hydrogens (tertiary/aromatic N) is 2. The summed E-state index contributed by atoms with van der Waals surface area (Å²) in [5, 5.41) is 3.34. The summed E-state index contributed by atoms with van der Waals surface area (Å²) in [4.78, 5) is 8.17. The lowest BCUT2D eigenvalue weighted by Crippen LogP contribution is -2.35. The van der Waals surface area contributed by atoms with Crippen LogP contribution in [0.25, 0.3) is 0 Å². The van der Waals surface area contributed by atoms with Crippen molar-refractivity contribution in [1.29, 1.82) is 0 Å². The lowest BCUT2D eigenvalue weighted by Gasteiger charge is -2.24. The van der Waals surface area contributed by atoms with E-state index in [2.05, 4.69) is 22.2 Å². The number of anilines is 2. The van der Waals surface area contributed by atoms with Gasteiger partial charge in [0.25, 0.3) is 0 Å². The summed E-state index contributed by atoms with van der Waals surface area (Å²) in [5.74, 6) is 1.08. The average Bonchev–Trinajstić information content (AvgIpc) is 2.49. The quantitative estimate of drug-likeness (QED) is 0.757. The fourth-order valence-electron chi connectivity index (χ4n) is 1.73. The summed E-state index contributed by atoms with van der Waals surface area (Å²) in [6, 6.07) is 1.89. The number of rotatable bonds is 2. The van der Waals surface area contributed by atoms with Gasteiger partial charge in [-0.2, -0.15) is 4.98 Å². The second-order valence-corrected chi connectivity index (χ2v) is 4.24. The molecule has 1 aliphatic heterocycles. The van der Waals surface area contributed by atoms with Crippen LogP contribution in [-0.2, 0) is 4.74 Å². The molecule has 15 heavy (non-hydrogen) atoms. The number of aromatic nitrogens is 2. The minimum absolute atomic E-state index is 0.0345. The topological polar surface area (TPSA) is 73.1 Å². The van der Waals surface area contributed by atoms with Crippen molar-refractivity contribution in [2.75, 3.05) is 24.3 Å². The summed E-state index contributed by atoms with van der Waals surface area (Å²) in [6.45, 7) is 5.52. The van der Waals surface area contributed by atoms with E-state index in [1.54, 1.807) is 0 Å². The normalized spacial score (nSPS) is 25.5. The van der Waals surface area contributed by atoms with Crippen LogP contribution in [0.15, 0.2) is 6.07 Å². The Balaban J connectivity index is 2.16. The van der Waals surface area contributed by atoms with Gasteiger partial charge in [0.2, 0.25) is 5.95 Å². The van der Waals surface area contributed by atoms with Crippen LogP contribution in [0.5, 0.6) is 0 Å². The van der Waals surface area contributed by atoms with Gasteiger partial charge in [0.05, 0.1) is 12.1 Å². The van der Waals surface area contributed by atoms with Crippen LogP contribution in [0.1, 0.15) is 19.0 Å². The first-order valence-electron chi connectivity index (χ1n) is 5.04. The fourth-order valence-corrected chi connectivity index (χ4v) is 1.73. The maximum Gasteiger partial charge on any atom is 0.222 e. The van der Waals surface area contributed by atoms with Gasteiger partial charge in [0.1, 0.15) is 5.82 Å². The van der Waals surface area contributed by atoms with E-state index in [9.17, 15) is 0 Å². The number of hydrogen-bond acceptors (Lipinski definition) is 5. The first kappa shape index (κ1) is 10.2. The van der Waals surface area contributed by atoms with Crippen LogP contribution in [0, 0.1) is 6.92 Å². The molecule has 0 aromatic carbocycles. The molecule has 2 rings (SSSR count). The molecule has 0 aliphatic carbocycles. The number of aryl methyl sites for hydroxylation is 1. The Hall–Kier alpha value is -1.36. The number of ether oxygens (including phenoxy) is 1. The third-order valence-electron chi connectivity index (χ3n) is 2.52. The van der Waals surface area contributed by atoms with Gasteiger partial charge >= 0.3 is 0 Å². The maximum atomic E-state index is 5.58. The van der Waals surface area contributed by atoms with Gasteiger partial charge in [-0.25, -0.2) is 4.98 Å². The molecule has 0 bridgehead atoms. The highest BCUT2D eigenvalue weighted by atomic mass is 16.5. The molecule has 2 heterocycles. The molecule has 0 radical (unpaired) electrons. The molecule has 5 heteroatoms. The molecular weight excluding hydrogens is 192 g/mol. The predicted octanol–water partition coefficient (Wildman–Crippen LogP) is 0.958. The minimum atomic E-state index is -0.0345. The number of nitrogens with one attached hydrogen (secondary N) is 1. The number of hydrogen-bond donors (Lipinski definition) is 2. The Labute approximate surface area is 89.1 Å². The molecule has 1 atom stereocenters. The van der Waals surface area contributed by atoms with Crippen molar-refractivity contribution in [3.05, 3.63) is 11.8 Å². The molecule has 0 amide bonds. The Morgan fingerprint density at radius 2 is 2.33 bits per heavy atom. The van der Waals surface area contributed by atoms with E-state index in [0.717, 1.165) is 24.5 Å². The van der Waals surface area contributed by atoms with Gasteiger partial charge in [-0.1, -0.05) is 0 Å². The lowest BCUT2D eigenvalue weighted by atomic mass is 10.0. The first-order chi connectivity index (χ1) is 7.07. The summed E-state index contributed by atoms with van der Waals surface area (Å²) in [6.07, 6.45) is 0.982. The van der Waals surface area contributed by atoms with E-state index in [0.29, 0.717) is 12.6 Å². The van der Waals surface area contributed by atoms with Gasteiger partial charge in [-0.3, -0.25) is 0 Å². The van der Waals surface area contributed by atoms with Crippen molar-refractivity contribution in [3.8, 4) is 0 Å². The molecule has 1 fully saturated rings. The highest BCUT2D eigenvalue weighted by Crippen LogP contribution is 2.23. The second kappa shape index (κ2) is 3.66. The van der Waals surface area contributed by atoms with E-state index < -0.39 is 0 Å². The van der Waals surface area contributed by atoms with Crippen molar-refractivity contribution in [2.45, 2.75) is 25.8 Å². The van der Waals surface area contributed by atoms with Crippen LogP contribution in [0.4, 0.5) is 11.8 Å². The summed E-state index contributed by atoms with van der Waals surface area (Å²) < 4.78 is 5.36. The summed E-state index contributed by atoms with van der Waals surface area (Å²) >= 11 is 0. The first-order valence-corrected chi connectivity index (χ1v) is 5.04. The van der Waals surface area contributed by atoms with Gasteiger partial charge in [0.15, 0.2) is 0 Å². The number of nitrogen functional groups attached to an aromatic ring is 1. The molecule has 0 saturated carbocycles. The Morgan fingerprint density at radius 1 is 1.53 bits per heavy atom. The molecule has 1 unspecified atom stereocenters. The third-order valence-corrected chi connectivity index (χ3v) is 2.52.